The van der Waals surface area contributed by atoms with Crippen molar-refractivity contribution in [1.29, 1.82) is 0 Å². The van der Waals surface area contributed by atoms with Crippen molar-refractivity contribution >= 4 is 11.8 Å². The van der Waals surface area contributed by atoms with E-state index in [4.69, 9.17) is 5.11 Å². The largest absolute Gasteiger partial charge is 0.479 e. The smallest absolute Gasteiger partial charge is 0.337 e. The monoisotopic (exact) mass is 238 g/mol. The lowest BCUT2D eigenvalue weighted by Gasteiger charge is -2.14. The zero-order valence-corrected chi connectivity index (χ0v) is 9.38. The van der Waals surface area contributed by atoms with Crippen molar-refractivity contribution in [3.63, 3.8) is 0 Å². The molecular formula is C12H14O5. The highest BCUT2D eigenvalue weighted by Gasteiger charge is 2.22. The van der Waals surface area contributed by atoms with Crippen molar-refractivity contribution < 1.29 is 24.9 Å². The van der Waals surface area contributed by atoms with E-state index in [2.05, 4.69) is 0 Å². The lowest BCUT2D eigenvalue weighted by molar-refractivity contribution is -0.147. The molecule has 5 nitrogen and oxygen atoms in total. The molecule has 0 fully saturated rings. The van der Waals surface area contributed by atoms with Gasteiger partial charge < -0.3 is 15.3 Å². The molecule has 1 rings (SSSR count). The predicted octanol–water partition coefficient (Wildman–Crippen LogP) is 0.890. The van der Waals surface area contributed by atoms with Crippen LogP contribution < -0.4 is 0 Å². The third-order valence-corrected chi connectivity index (χ3v) is 2.52. The van der Waals surface area contributed by atoms with E-state index in [-0.39, 0.29) is 28.9 Å². The molecule has 92 valence electrons. The highest BCUT2D eigenvalue weighted by atomic mass is 16.4. The lowest BCUT2D eigenvalue weighted by Crippen LogP contribution is -2.15. The Balaban J connectivity index is 3.32. The van der Waals surface area contributed by atoms with Gasteiger partial charge in [0, 0.05) is 12.0 Å². The van der Waals surface area contributed by atoms with Crippen molar-refractivity contribution in [1.82, 2.24) is 0 Å². The first-order chi connectivity index (χ1) is 8.02. The van der Waals surface area contributed by atoms with E-state index in [9.17, 15) is 19.8 Å². The van der Waals surface area contributed by atoms with Gasteiger partial charge in [-0.1, -0.05) is 25.1 Å². The van der Waals surface area contributed by atoms with Gasteiger partial charge in [-0.05, 0) is 11.1 Å². The summed E-state index contributed by atoms with van der Waals surface area (Å²) in [5.41, 5.74) is 0.487. The summed E-state index contributed by atoms with van der Waals surface area (Å²) in [7, 11) is 0. The third-order valence-electron chi connectivity index (χ3n) is 2.52. The fraction of sp³-hybridized carbons (Fsp3) is 0.333. The molecule has 17 heavy (non-hydrogen) atoms. The fourth-order valence-electron chi connectivity index (χ4n) is 1.62. The highest BCUT2D eigenvalue weighted by molar-refractivity contribution is 5.97. The van der Waals surface area contributed by atoms with Crippen molar-refractivity contribution in [2.24, 2.45) is 0 Å². The van der Waals surface area contributed by atoms with Crippen molar-refractivity contribution in [2.45, 2.75) is 26.1 Å². The number of carbonyl (C=O) groups excluding carboxylic acids is 1. The Morgan fingerprint density at radius 1 is 1.35 bits per heavy atom. The second-order valence-corrected chi connectivity index (χ2v) is 3.55. The van der Waals surface area contributed by atoms with Crippen LogP contribution >= 0.6 is 0 Å². The van der Waals surface area contributed by atoms with Crippen LogP contribution in [-0.4, -0.2) is 27.1 Å². The number of rotatable bonds is 5. The Kier molecular flexibility index (Phi) is 4.37. The van der Waals surface area contributed by atoms with Crippen LogP contribution in [0.2, 0.25) is 0 Å². The average molecular weight is 238 g/mol. The molecule has 0 aliphatic heterocycles. The summed E-state index contributed by atoms with van der Waals surface area (Å²) >= 11 is 0. The molecule has 0 aromatic heterocycles. The first kappa shape index (κ1) is 13.3. The van der Waals surface area contributed by atoms with Gasteiger partial charge in [-0.2, -0.15) is 0 Å². The topological polar surface area (TPSA) is 94.8 Å². The number of aliphatic hydroxyl groups is 2. The first-order valence-electron chi connectivity index (χ1n) is 5.19. The van der Waals surface area contributed by atoms with E-state index in [1.165, 1.54) is 18.2 Å². The quantitative estimate of drug-likeness (QED) is 0.662. The Morgan fingerprint density at radius 3 is 2.47 bits per heavy atom. The van der Waals surface area contributed by atoms with Crippen molar-refractivity contribution in [2.75, 3.05) is 0 Å². The standard InChI is InChI=1S/C12H14O5/c1-2-10(14)7-4-3-5-8(9(7)6-13)11(15)12(16)17/h3-5,11,13,15H,2,6H2,1H3,(H,16,17). The molecule has 1 aromatic rings. The molecule has 0 radical (unpaired) electrons. The number of ketones is 1. The van der Waals surface area contributed by atoms with Crippen molar-refractivity contribution in [3.05, 3.63) is 34.9 Å². The molecule has 0 aliphatic rings. The summed E-state index contributed by atoms with van der Waals surface area (Å²) in [6, 6.07) is 4.38. The summed E-state index contributed by atoms with van der Waals surface area (Å²) in [6.07, 6.45) is -1.48. The summed E-state index contributed by atoms with van der Waals surface area (Å²) in [5.74, 6) is -1.62. The minimum Gasteiger partial charge on any atom is -0.479 e. The first-order valence-corrected chi connectivity index (χ1v) is 5.19. The van der Waals surface area contributed by atoms with Crippen LogP contribution in [0.3, 0.4) is 0 Å². The molecule has 0 saturated heterocycles. The van der Waals surface area contributed by atoms with E-state index >= 15 is 0 Å². The Morgan fingerprint density at radius 2 is 2.00 bits per heavy atom. The van der Waals surface area contributed by atoms with Crippen LogP contribution in [0, 0.1) is 0 Å². The second kappa shape index (κ2) is 5.56. The van der Waals surface area contributed by atoms with Gasteiger partial charge in [0.15, 0.2) is 11.9 Å². The number of hydrogen-bond acceptors (Lipinski definition) is 4. The molecule has 0 saturated carbocycles. The lowest BCUT2D eigenvalue weighted by atomic mass is 9.94. The molecule has 0 heterocycles. The van der Waals surface area contributed by atoms with Gasteiger partial charge >= 0.3 is 5.97 Å². The van der Waals surface area contributed by atoms with Crippen LogP contribution in [0.1, 0.15) is 40.9 Å². The molecule has 5 heteroatoms. The maximum Gasteiger partial charge on any atom is 0.337 e. The molecule has 0 bridgehead atoms. The van der Waals surface area contributed by atoms with E-state index < -0.39 is 18.7 Å². The number of carboxylic acids is 1. The molecule has 3 N–H and O–H groups in total. The van der Waals surface area contributed by atoms with Gasteiger partial charge in [-0.3, -0.25) is 4.79 Å². The molecule has 1 unspecified atom stereocenters. The Bertz CT molecular complexity index is 439. The maximum absolute atomic E-state index is 11.6. The third kappa shape index (κ3) is 2.69. The highest BCUT2D eigenvalue weighted by Crippen LogP contribution is 2.23. The molecular weight excluding hydrogens is 224 g/mol. The van der Waals surface area contributed by atoms with Gasteiger partial charge in [-0.25, -0.2) is 4.79 Å². The SMILES string of the molecule is CCC(=O)c1cccc(C(O)C(=O)O)c1CO. The number of carbonyl (C=O) groups is 2. The normalized spacial score (nSPS) is 12.2. The van der Waals surface area contributed by atoms with Gasteiger partial charge in [0.05, 0.1) is 6.61 Å². The number of aliphatic carboxylic acids is 1. The molecule has 1 atom stereocenters. The predicted molar refractivity (Wildman–Crippen MR) is 59.6 cm³/mol. The summed E-state index contributed by atoms with van der Waals surface area (Å²) in [5, 5.41) is 27.4. The number of benzene rings is 1. The van der Waals surface area contributed by atoms with Gasteiger partial charge in [-0.15, -0.1) is 0 Å². The van der Waals surface area contributed by atoms with E-state index in [1.54, 1.807) is 6.92 Å². The second-order valence-electron chi connectivity index (χ2n) is 3.55. The van der Waals surface area contributed by atoms with Crippen LogP contribution in [-0.2, 0) is 11.4 Å². The average Bonchev–Trinajstić information content (AvgIpc) is 2.35. The molecule has 0 spiro atoms. The van der Waals surface area contributed by atoms with Crippen LogP contribution in [0.15, 0.2) is 18.2 Å². The van der Waals surface area contributed by atoms with Gasteiger partial charge in [0.2, 0.25) is 0 Å². The zero-order valence-electron chi connectivity index (χ0n) is 9.38. The summed E-state index contributed by atoms with van der Waals surface area (Å²) in [4.78, 5) is 22.3. The fourth-order valence-corrected chi connectivity index (χ4v) is 1.62. The molecule has 0 amide bonds. The molecule has 0 aliphatic carbocycles. The maximum atomic E-state index is 11.6. The number of Topliss-reactive ketones (excluding diaryl/α,β-unsaturated/α-hetero) is 1. The number of carboxylic acid groups (broad SMARTS) is 1. The minimum atomic E-state index is -1.73. The summed E-state index contributed by atoms with van der Waals surface area (Å²) < 4.78 is 0. The van der Waals surface area contributed by atoms with Crippen molar-refractivity contribution in [3.8, 4) is 0 Å². The van der Waals surface area contributed by atoms with E-state index in [0.29, 0.717) is 0 Å². The van der Waals surface area contributed by atoms with E-state index in [1.807, 2.05) is 0 Å². The minimum absolute atomic E-state index is 0.0549. The number of hydrogen-bond donors (Lipinski definition) is 3. The van der Waals surface area contributed by atoms with Gasteiger partial charge in [0.1, 0.15) is 0 Å². The van der Waals surface area contributed by atoms with Crippen LogP contribution in [0.25, 0.3) is 0 Å². The van der Waals surface area contributed by atoms with Gasteiger partial charge in [0.25, 0.3) is 0 Å². The Labute approximate surface area is 98.3 Å². The summed E-state index contributed by atoms with van der Waals surface area (Å²) in [6.45, 7) is 1.19. The number of aliphatic hydroxyl groups excluding tert-OH is 2. The van der Waals surface area contributed by atoms with Crippen LogP contribution in [0.4, 0.5) is 0 Å². The van der Waals surface area contributed by atoms with Crippen LogP contribution in [0.5, 0.6) is 0 Å². The Hall–Kier alpha value is -1.72. The molecule has 1 aromatic carbocycles. The van der Waals surface area contributed by atoms with E-state index in [0.717, 1.165) is 0 Å². The zero-order chi connectivity index (χ0) is 13.0.